The van der Waals surface area contributed by atoms with E-state index in [0.717, 1.165) is 63.4 Å². The van der Waals surface area contributed by atoms with Gasteiger partial charge in [-0.1, -0.05) is 11.6 Å². The molecule has 1 aromatic heterocycles. The minimum atomic E-state index is 0.631. The molecule has 4 heterocycles. The van der Waals surface area contributed by atoms with Gasteiger partial charge in [0.1, 0.15) is 16.7 Å². The van der Waals surface area contributed by atoms with Crippen LogP contribution in [-0.2, 0) is 0 Å². The summed E-state index contributed by atoms with van der Waals surface area (Å²) in [7, 11) is 0. The van der Waals surface area contributed by atoms with E-state index in [9.17, 15) is 5.26 Å². The predicted molar refractivity (Wildman–Crippen MR) is 127 cm³/mol. The lowest BCUT2D eigenvalue weighted by Crippen LogP contribution is -2.20. The molecule has 1 aromatic rings. The molecule has 0 spiro atoms. The highest BCUT2D eigenvalue weighted by Gasteiger charge is 2.69. The minimum absolute atomic E-state index is 0.631. The van der Waals surface area contributed by atoms with Crippen LogP contribution in [0.5, 0.6) is 0 Å². The normalized spacial score (nSPS) is 52.3. The van der Waals surface area contributed by atoms with Gasteiger partial charge < -0.3 is 14.7 Å². The number of pyridine rings is 1. The van der Waals surface area contributed by atoms with Crippen molar-refractivity contribution in [1.82, 2.24) is 4.98 Å². The second kappa shape index (κ2) is 5.43. The summed E-state index contributed by atoms with van der Waals surface area (Å²) in [6, 6.07) is 6.51. The van der Waals surface area contributed by atoms with Gasteiger partial charge in [-0.2, -0.15) is 5.26 Å². The van der Waals surface area contributed by atoms with Crippen LogP contribution in [0.4, 0.5) is 17.3 Å². The van der Waals surface area contributed by atoms with Gasteiger partial charge in [-0.15, -0.1) is 0 Å². The van der Waals surface area contributed by atoms with Crippen LogP contribution >= 0.6 is 11.6 Å². The topological polar surface area (TPSA) is 45.7 Å². The van der Waals surface area contributed by atoms with Gasteiger partial charge in [0.15, 0.2) is 11.6 Å². The Morgan fingerprint density at radius 1 is 0.636 bits per heavy atom. The molecule has 0 amide bonds. The summed E-state index contributed by atoms with van der Waals surface area (Å²) in [6.07, 6.45) is 12.5. The van der Waals surface area contributed by atoms with Crippen LogP contribution in [0.15, 0.2) is 0 Å². The molecule has 6 heteroatoms. The SMILES string of the molecule is N#Cc1c(N2C3C4CCC(C4)C32)nc(N2C3C4CCC(C4)C32)c(Cl)c1N1C2C3CCC(C3)C21. The second-order valence-electron chi connectivity index (χ2n) is 13.1. The molecule has 9 aliphatic rings. The highest BCUT2D eigenvalue weighted by Crippen LogP contribution is 2.66. The van der Waals surface area contributed by atoms with E-state index in [1.807, 2.05) is 0 Å². The van der Waals surface area contributed by atoms with Crippen LogP contribution in [0.1, 0.15) is 63.4 Å². The fraction of sp³-hybridized carbons (Fsp3) is 0.778. The van der Waals surface area contributed by atoms with Crippen molar-refractivity contribution in [3.05, 3.63) is 10.6 Å². The van der Waals surface area contributed by atoms with Gasteiger partial charge in [0.25, 0.3) is 0 Å². The fourth-order valence-corrected chi connectivity index (χ4v) is 11.3. The maximum absolute atomic E-state index is 10.5. The van der Waals surface area contributed by atoms with Crippen molar-refractivity contribution >= 4 is 28.9 Å². The lowest BCUT2D eigenvalue weighted by atomic mass is 10.0. The molecule has 0 N–H and O–H groups in total. The van der Waals surface area contributed by atoms with Crippen LogP contribution in [0.25, 0.3) is 0 Å². The number of nitriles is 1. The Hall–Kier alpha value is -1.67. The number of halogens is 1. The Morgan fingerprint density at radius 3 is 1.45 bits per heavy atom. The van der Waals surface area contributed by atoms with Gasteiger partial charge >= 0.3 is 0 Å². The summed E-state index contributed by atoms with van der Waals surface area (Å²) in [4.78, 5) is 13.1. The maximum Gasteiger partial charge on any atom is 0.152 e. The van der Waals surface area contributed by atoms with E-state index in [-0.39, 0.29) is 0 Å². The summed E-state index contributed by atoms with van der Waals surface area (Å²) in [6.45, 7) is 0. The van der Waals surface area contributed by atoms with Crippen molar-refractivity contribution < 1.29 is 0 Å². The highest BCUT2D eigenvalue weighted by molar-refractivity contribution is 6.36. The van der Waals surface area contributed by atoms with Crippen molar-refractivity contribution in [3.8, 4) is 6.07 Å². The number of rotatable bonds is 3. The van der Waals surface area contributed by atoms with Crippen LogP contribution in [0.2, 0.25) is 5.02 Å². The first-order valence-corrected chi connectivity index (χ1v) is 14.1. The van der Waals surface area contributed by atoms with E-state index >= 15 is 0 Å². The molecular formula is C27H30ClN5. The first-order valence-electron chi connectivity index (χ1n) is 13.7. The molecule has 6 aliphatic carbocycles. The molecule has 12 unspecified atom stereocenters. The molecule has 0 radical (unpaired) electrons. The summed E-state index contributed by atoms with van der Waals surface area (Å²) < 4.78 is 0. The highest BCUT2D eigenvalue weighted by atomic mass is 35.5. The molecule has 0 aromatic carbocycles. The zero-order valence-electron chi connectivity index (χ0n) is 18.9. The summed E-state index contributed by atoms with van der Waals surface area (Å²) in [5.41, 5.74) is 1.86. The molecular weight excluding hydrogens is 430 g/mol. The molecule has 10 rings (SSSR count). The Bertz CT molecular complexity index is 1130. The first kappa shape index (κ1) is 17.7. The number of anilines is 3. The Morgan fingerprint density at radius 2 is 1.03 bits per heavy atom. The molecule has 12 atom stereocenters. The molecule has 33 heavy (non-hydrogen) atoms. The molecule has 6 bridgehead atoms. The van der Waals surface area contributed by atoms with Gasteiger partial charge in [0, 0.05) is 0 Å². The molecule has 3 aliphatic heterocycles. The van der Waals surface area contributed by atoms with Crippen molar-refractivity contribution in [3.63, 3.8) is 0 Å². The van der Waals surface area contributed by atoms with Gasteiger partial charge in [0.2, 0.25) is 0 Å². The van der Waals surface area contributed by atoms with Gasteiger partial charge in [-0.25, -0.2) is 4.98 Å². The lowest BCUT2D eigenvalue weighted by Gasteiger charge is -2.24. The number of piperidine rings is 3. The number of aromatic nitrogens is 1. The summed E-state index contributed by atoms with van der Waals surface area (Å²) >= 11 is 7.29. The second-order valence-corrected chi connectivity index (χ2v) is 13.5. The molecule has 6 saturated carbocycles. The number of hydrogen-bond donors (Lipinski definition) is 0. The van der Waals surface area contributed by atoms with Crippen LogP contribution in [0.3, 0.4) is 0 Å². The third-order valence-corrected chi connectivity index (χ3v) is 12.4. The maximum atomic E-state index is 10.5. The standard InChI is InChI=1S/C27H30ClN5/c28-18-25(31-19-11-1-2-12(7-11)20(19)31)17(10-29)26(32-21-13-3-4-14(8-13)22(21)32)30-27(18)33-23-15-5-6-16(9-15)24(23)33/h11-16,19-24H,1-9H2. The van der Waals surface area contributed by atoms with Gasteiger partial charge in [0.05, 0.1) is 41.9 Å². The van der Waals surface area contributed by atoms with Crippen molar-refractivity contribution in [1.29, 1.82) is 5.26 Å². The van der Waals surface area contributed by atoms with E-state index in [1.165, 1.54) is 57.8 Å². The zero-order chi connectivity index (χ0) is 21.3. The smallest absolute Gasteiger partial charge is 0.152 e. The fourth-order valence-electron chi connectivity index (χ4n) is 11.0. The van der Waals surface area contributed by atoms with Crippen molar-refractivity contribution in [2.45, 2.75) is 94.0 Å². The summed E-state index contributed by atoms with van der Waals surface area (Å²) in [5, 5.41) is 11.3. The number of hydrogen-bond acceptors (Lipinski definition) is 5. The zero-order valence-corrected chi connectivity index (χ0v) is 19.7. The van der Waals surface area contributed by atoms with E-state index < -0.39 is 0 Å². The monoisotopic (exact) mass is 459 g/mol. The van der Waals surface area contributed by atoms with E-state index in [1.54, 1.807) is 0 Å². The predicted octanol–water partition coefficient (Wildman–Crippen LogP) is 4.57. The Kier molecular flexibility index (Phi) is 2.91. The van der Waals surface area contributed by atoms with Gasteiger partial charge in [-0.05, 0) is 93.3 Å². The van der Waals surface area contributed by atoms with Gasteiger partial charge in [-0.3, -0.25) is 0 Å². The van der Waals surface area contributed by atoms with Crippen LogP contribution in [-0.4, -0.2) is 41.2 Å². The third-order valence-electron chi connectivity index (χ3n) is 12.1. The van der Waals surface area contributed by atoms with E-state index in [0.29, 0.717) is 36.3 Å². The van der Waals surface area contributed by atoms with E-state index in [4.69, 9.17) is 16.6 Å². The van der Waals surface area contributed by atoms with Crippen LogP contribution < -0.4 is 14.7 Å². The van der Waals surface area contributed by atoms with Crippen LogP contribution in [0, 0.1) is 46.8 Å². The minimum Gasteiger partial charge on any atom is -0.358 e. The van der Waals surface area contributed by atoms with Crippen molar-refractivity contribution in [2.24, 2.45) is 35.5 Å². The summed E-state index contributed by atoms with van der Waals surface area (Å²) in [5.74, 6) is 6.98. The molecule has 5 nitrogen and oxygen atoms in total. The number of nitrogens with zero attached hydrogens (tertiary/aromatic N) is 5. The average Bonchev–Trinajstić information content (AvgIpc) is 3.58. The quantitative estimate of drug-likeness (QED) is 0.619. The molecule has 170 valence electrons. The van der Waals surface area contributed by atoms with E-state index in [2.05, 4.69) is 20.8 Å². The average molecular weight is 460 g/mol. The largest absolute Gasteiger partial charge is 0.358 e. The lowest BCUT2D eigenvalue weighted by molar-refractivity contribution is 0.546. The van der Waals surface area contributed by atoms with Crippen molar-refractivity contribution in [2.75, 3.05) is 14.7 Å². The Labute approximate surface area is 200 Å². The molecule has 3 saturated heterocycles. The molecule has 9 fully saturated rings. The third kappa shape index (κ3) is 1.90. The first-order chi connectivity index (χ1) is 16.2. The number of fused-ring (bicyclic) bond motifs is 15. The Balaban J connectivity index is 1.13.